The Morgan fingerprint density at radius 3 is 2.72 bits per heavy atom. The number of benzene rings is 1. The number of hydrogen-bond donors (Lipinski definition) is 1. The highest BCUT2D eigenvalue weighted by molar-refractivity contribution is 7.87. The van der Waals surface area contributed by atoms with E-state index in [4.69, 9.17) is 0 Å². The van der Waals surface area contributed by atoms with Crippen molar-refractivity contribution >= 4 is 15.9 Å². The van der Waals surface area contributed by atoms with Crippen LogP contribution in [0.5, 0.6) is 0 Å². The van der Waals surface area contributed by atoms with Crippen LogP contribution in [0.1, 0.15) is 17.0 Å². The maximum atomic E-state index is 12.6. The Morgan fingerprint density at radius 2 is 1.84 bits per heavy atom. The van der Waals surface area contributed by atoms with Gasteiger partial charge in [0, 0.05) is 32.3 Å². The van der Waals surface area contributed by atoms with Crippen LogP contribution in [0.4, 0.5) is 0 Å². The maximum Gasteiger partial charge on any atom is 0.279 e. The van der Waals surface area contributed by atoms with Gasteiger partial charge in [0.05, 0.1) is 0 Å². The number of pyridine rings is 1. The highest BCUT2D eigenvalue weighted by Crippen LogP contribution is 2.20. The van der Waals surface area contributed by atoms with E-state index in [9.17, 15) is 8.42 Å². The highest BCUT2D eigenvalue weighted by Gasteiger charge is 2.26. The summed E-state index contributed by atoms with van der Waals surface area (Å²) in [5.41, 5.74) is 3.06. The minimum absolute atomic E-state index is 0.288. The van der Waals surface area contributed by atoms with Gasteiger partial charge in [0.15, 0.2) is 5.65 Å². The summed E-state index contributed by atoms with van der Waals surface area (Å²) in [5, 5.41) is 8.20. The van der Waals surface area contributed by atoms with Gasteiger partial charge in [0.1, 0.15) is 5.82 Å². The van der Waals surface area contributed by atoms with E-state index in [2.05, 4.69) is 21.0 Å². The molecule has 0 amide bonds. The number of aromatic nitrogens is 3. The minimum Gasteiger partial charge on any atom is -0.286 e. The van der Waals surface area contributed by atoms with Crippen LogP contribution >= 0.6 is 0 Å². The molecule has 0 fully saturated rings. The summed E-state index contributed by atoms with van der Waals surface area (Å²) in [6.07, 6.45) is 3.10. The van der Waals surface area contributed by atoms with Crippen molar-refractivity contribution in [1.29, 1.82) is 0 Å². The lowest BCUT2D eigenvalue weighted by atomic mass is 10.0. The molecule has 4 rings (SSSR count). The van der Waals surface area contributed by atoms with Gasteiger partial charge in [-0.05, 0) is 29.7 Å². The molecule has 0 unspecified atom stereocenters. The van der Waals surface area contributed by atoms with Crippen LogP contribution in [0.3, 0.4) is 0 Å². The lowest BCUT2D eigenvalue weighted by Gasteiger charge is -2.28. The number of fused-ring (bicyclic) bond motifs is 2. The van der Waals surface area contributed by atoms with E-state index in [0.29, 0.717) is 19.5 Å². The van der Waals surface area contributed by atoms with Crippen molar-refractivity contribution < 1.29 is 8.42 Å². The Bertz CT molecular complexity index is 999. The molecular weight excluding hydrogens is 338 g/mol. The second-order valence-corrected chi connectivity index (χ2v) is 7.80. The fraction of sp³-hybridized carbons (Fsp3) is 0.294. The molecule has 0 saturated heterocycles. The van der Waals surface area contributed by atoms with Crippen molar-refractivity contribution in [2.75, 3.05) is 13.1 Å². The molecule has 0 radical (unpaired) electrons. The quantitative estimate of drug-likeness (QED) is 0.743. The molecular formula is C17H19N5O2S. The zero-order valence-electron chi connectivity index (χ0n) is 13.7. The first-order valence-electron chi connectivity index (χ1n) is 8.24. The van der Waals surface area contributed by atoms with Crippen molar-refractivity contribution in [2.45, 2.75) is 19.4 Å². The first-order chi connectivity index (χ1) is 12.1. The summed E-state index contributed by atoms with van der Waals surface area (Å²) in [7, 11) is -3.51. The molecule has 8 heteroatoms. The molecule has 0 spiro atoms. The Labute approximate surface area is 146 Å². The van der Waals surface area contributed by atoms with Crippen LogP contribution < -0.4 is 4.72 Å². The summed E-state index contributed by atoms with van der Waals surface area (Å²) in [4.78, 5) is 0. The molecule has 0 aliphatic carbocycles. The Hall–Kier alpha value is -2.29. The van der Waals surface area contributed by atoms with E-state index >= 15 is 0 Å². The smallest absolute Gasteiger partial charge is 0.279 e. The fourth-order valence-corrected chi connectivity index (χ4v) is 4.30. The number of hydrogen-bond acceptors (Lipinski definition) is 4. The van der Waals surface area contributed by atoms with E-state index in [1.165, 1.54) is 9.87 Å². The van der Waals surface area contributed by atoms with Gasteiger partial charge in [-0.15, -0.1) is 10.2 Å². The molecule has 1 N–H and O–H groups in total. The molecule has 0 bridgehead atoms. The molecule has 1 aliphatic rings. The van der Waals surface area contributed by atoms with Gasteiger partial charge in [-0.25, -0.2) is 4.72 Å². The van der Waals surface area contributed by atoms with Gasteiger partial charge in [-0.1, -0.05) is 30.3 Å². The molecule has 0 atom stereocenters. The molecule has 1 aliphatic heterocycles. The van der Waals surface area contributed by atoms with E-state index in [0.717, 1.165) is 23.5 Å². The molecule has 25 heavy (non-hydrogen) atoms. The van der Waals surface area contributed by atoms with Gasteiger partial charge in [0.25, 0.3) is 10.2 Å². The lowest BCUT2D eigenvalue weighted by Crippen LogP contribution is -2.44. The second kappa shape index (κ2) is 6.55. The molecule has 0 saturated carbocycles. The predicted molar refractivity (Wildman–Crippen MR) is 94.2 cm³/mol. The third-order valence-corrected chi connectivity index (χ3v) is 6.01. The highest BCUT2D eigenvalue weighted by atomic mass is 32.2. The van der Waals surface area contributed by atoms with Crippen molar-refractivity contribution in [3.8, 4) is 0 Å². The van der Waals surface area contributed by atoms with Crippen LogP contribution in [-0.4, -0.2) is 40.4 Å². The summed E-state index contributed by atoms with van der Waals surface area (Å²) in [6.45, 7) is 1.20. The summed E-state index contributed by atoms with van der Waals surface area (Å²) < 4.78 is 31.2. The number of nitrogens with zero attached hydrogens (tertiary/aromatic N) is 4. The second-order valence-electron chi connectivity index (χ2n) is 6.05. The zero-order chi connectivity index (χ0) is 17.3. The predicted octanol–water partition coefficient (Wildman–Crippen LogP) is 1.16. The minimum atomic E-state index is -3.51. The number of nitrogens with one attached hydrogen (secondary N) is 1. The molecule has 7 nitrogen and oxygen atoms in total. The molecule has 3 aromatic rings. The maximum absolute atomic E-state index is 12.6. The van der Waals surface area contributed by atoms with E-state index in [1.54, 1.807) is 0 Å². The fourth-order valence-electron chi connectivity index (χ4n) is 3.12. The molecule has 130 valence electrons. The van der Waals surface area contributed by atoms with E-state index in [1.807, 2.05) is 47.0 Å². The van der Waals surface area contributed by atoms with E-state index in [-0.39, 0.29) is 6.54 Å². The normalized spacial score (nSPS) is 15.4. The van der Waals surface area contributed by atoms with Gasteiger partial charge < -0.3 is 0 Å². The van der Waals surface area contributed by atoms with Crippen LogP contribution in [0.2, 0.25) is 0 Å². The average Bonchev–Trinajstić information content (AvgIpc) is 3.04. The first kappa shape index (κ1) is 16.2. The summed E-state index contributed by atoms with van der Waals surface area (Å²) in [5.74, 6) is 0.738. The zero-order valence-corrected chi connectivity index (χ0v) is 14.5. The Kier molecular flexibility index (Phi) is 4.24. The van der Waals surface area contributed by atoms with Crippen molar-refractivity contribution in [1.82, 2.24) is 23.6 Å². The van der Waals surface area contributed by atoms with Crippen LogP contribution in [0.25, 0.3) is 5.65 Å². The van der Waals surface area contributed by atoms with Crippen molar-refractivity contribution in [3.63, 3.8) is 0 Å². The van der Waals surface area contributed by atoms with Crippen molar-refractivity contribution in [2.24, 2.45) is 0 Å². The first-order valence-corrected chi connectivity index (χ1v) is 9.68. The summed E-state index contributed by atoms with van der Waals surface area (Å²) >= 11 is 0. The largest absolute Gasteiger partial charge is 0.286 e. The summed E-state index contributed by atoms with van der Waals surface area (Å²) in [6, 6.07) is 13.6. The van der Waals surface area contributed by atoms with Gasteiger partial charge in [-0.3, -0.25) is 4.40 Å². The molecule has 3 heterocycles. The Morgan fingerprint density at radius 1 is 1.04 bits per heavy atom. The average molecular weight is 357 g/mol. The van der Waals surface area contributed by atoms with Crippen LogP contribution in [0.15, 0.2) is 48.7 Å². The SMILES string of the molecule is O=S(=O)(NCCc1nnc2ccccn12)N1CCc2ccccc2C1. The lowest BCUT2D eigenvalue weighted by molar-refractivity contribution is 0.384. The van der Waals surface area contributed by atoms with Crippen LogP contribution in [0, 0.1) is 0 Å². The van der Waals surface area contributed by atoms with Gasteiger partial charge in [-0.2, -0.15) is 12.7 Å². The number of rotatable bonds is 5. The standard InChI is InChI=1S/C17H19N5O2S/c23-25(24,21-12-9-14-5-1-2-6-15(14)13-21)18-10-8-17-20-19-16-7-3-4-11-22(16)17/h1-7,11,18H,8-10,12-13H2. The third-order valence-electron chi connectivity index (χ3n) is 4.45. The van der Waals surface area contributed by atoms with Crippen LogP contribution in [-0.2, 0) is 29.6 Å². The van der Waals surface area contributed by atoms with Gasteiger partial charge in [0.2, 0.25) is 0 Å². The monoisotopic (exact) mass is 357 g/mol. The molecule has 1 aromatic carbocycles. The topological polar surface area (TPSA) is 79.6 Å². The van der Waals surface area contributed by atoms with Crippen molar-refractivity contribution in [3.05, 3.63) is 65.6 Å². The van der Waals surface area contributed by atoms with Gasteiger partial charge >= 0.3 is 0 Å². The Balaban J connectivity index is 1.41. The third kappa shape index (κ3) is 3.28. The molecule has 2 aromatic heterocycles. The van der Waals surface area contributed by atoms with E-state index < -0.39 is 10.2 Å².